The van der Waals surface area contributed by atoms with Crippen molar-refractivity contribution in [3.63, 3.8) is 0 Å². The molecular weight excluding hydrogens is 224 g/mol. The highest BCUT2D eigenvalue weighted by atomic mass is 16.3. The molecular formula is C15H24N2O. The first kappa shape index (κ1) is 12.2. The molecule has 3 heteroatoms. The summed E-state index contributed by atoms with van der Waals surface area (Å²) >= 11 is 0. The van der Waals surface area contributed by atoms with Crippen molar-refractivity contribution in [3.8, 4) is 0 Å². The Labute approximate surface area is 109 Å². The van der Waals surface area contributed by atoms with Crippen molar-refractivity contribution >= 4 is 0 Å². The number of aliphatic hydroxyl groups excluding tert-OH is 1. The molecule has 2 aliphatic carbocycles. The summed E-state index contributed by atoms with van der Waals surface area (Å²) in [6, 6.07) is 2.69. The first-order chi connectivity index (χ1) is 8.56. The summed E-state index contributed by atoms with van der Waals surface area (Å²) in [5.74, 6) is 0.467. The largest absolute Gasteiger partial charge is 0.392 e. The highest BCUT2D eigenvalue weighted by molar-refractivity contribution is 5.07. The third-order valence-electron chi connectivity index (χ3n) is 4.83. The van der Waals surface area contributed by atoms with E-state index >= 15 is 0 Å². The lowest BCUT2D eigenvalue weighted by Crippen LogP contribution is -2.17. The number of hydrogen-bond acceptors (Lipinski definition) is 2. The molecule has 0 saturated heterocycles. The molecule has 1 heterocycles. The second kappa shape index (κ2) is 4.37. The molecule has 0 amide bonds. The summed E-state index contributed by atoms with van der Waals surface area (Å²) in [6.07, 6.45) is 8.93. The Morgan fingerprint density at radius 2 is 2.11 bits per heavy atom. The van der Waals surface area contributed by atoms with Crippen LogP contribution in [-0.4, -0.2) is 21.0 Å². The number of nitrogens with zero attached hydrogens (tertiary/aromatic N) is 2. The van der Waals surface area contributed by atoms with Gasteiger partial charge in [0.2, 0.25) is 0 Å². The molecule has 0 spiro atoms. The molecule has 2 fully saturated rings. The van der Waals surface area contributed by atoms with Gasteiger partial charge in [0.05, 0.1) is 17.8 Å². The average molecular weight is 248 g/mol. The maximum Gasteiger partial charge on any atom is 0.0650 e. The Morgan fingerprint density at radius 1 is 1.44 bits per heavy atom. The molecule has 1 aromatic rings. The second-order valence-corrected chi connectivity index (χ2v) is 6.80. The molecule has 1 aromatic heterocycles. The van der Waals surface area contributed by atoms with Crippen LogP contribution in [0.1, 0.15) is 57.7 Å². The van der Waals surface area contributed by atoms with Crippen molar-refractivity contribution in [2.45, 2.75) is 64.5 Å². The molecule has 0 aromatic carbocycles. The van der Waals surface area contributed by atoms with Crippen LogP contribution in [0.2, 0.25) is 0 Å². The molecule has 3 nitrogen and oxygen atoms in total. The Hall–Kier alpha value is -0.830. The maximum absolute atomic E-state index is 10.2. The third-order valence-corrected chi connectivity index (χ3v) is 4.83. The smallest absolute Gasteiger partial charge is 0.0650 e. The molecule has 0 bridgehead atoms. The summed E-state index contributed by atoms with van der Waals surface area (Å²) < 4.78 is 2.12. The van der Waals surface area contributed by atoms with Gasteiger partial charge in [-0.3, -0.25) is 4.68 Å². The maximum atomic E-state index is 10.2. The first-order valence-electron chi connectivity index (χ1n) is 7.28. The van der Waals surface area contributed by atoms with Crippen molar-refractivity contribution in [3.05, 3.63) is 18.0 Å². The molecule has 3 rings (SSSR count). The monoisotopic (exact) mass is 248 g/mol. The van der Waals surface area contributed by atoms with E-state index in [4.69, 9.17) is 0 Å². The fraction of sp³-hybridized carbons (Fsp3) is 0.800. The van der Waals surface area contributed by atoms with Gasteiger partial charge < -0.3 is 5.11 Å². The zero-order chi connectivity index (χ0) is 12.8. The van der Waals surface area contributed by atoms with Crippen LogP contribution in [0.3, 0.4) is 0 Å². The number of aromatic nitrogens is 2. The number of aliphatic hydroxyl groups is 1. The Morgan fingerprint density at radius 3 is 2.72 bits per heavy atom. The summed E-state index contributed by atoms with van der Waals surface area (Å²) in [7, 11) is 0. The Balaban J connectivity index is 1.60. The Bertz CT molecular complexity index is 418. The molecule has 100 valence electrons. The standard InChI is InChI=1S/C15H24N2O/c1-15(2)10-13(15)14(18)9-11-7-8-17(16-11)12-5-3-4-6-12/h7-8,12-14,18H,3-6,9-10H2,1-2H3. The highest BCUT2D eigenvalue weighted by Crippen LogP contribution is 2.53. The predicted octanol–water partition coefficient (Wildman–Crippen LogP) is 2.95. The van der Waals surface area contributed by atoms with E-state index in [2.05, 4.69) is 35.9 Å². The van der Waals surface area contributed by atoms with Crippen LogP contribution >= 0.6 is 0 Å². The van der Waals surface area contributed by atoms with E-state index in [0.717, 1.165) is 12.1 Å². The van der Waals surface area contributed by atoms with Gasteiger partial charge in [-0.2, -0.15) is 5.10 Å². The lowest BCUT2D eigenvalue weighted by atomic mass is 10.0. The summed E-state index contributed by atoms with van der Waals surface area (Å²) in [5, 5.41) is 14.9. The van der Waals surface area contributed by atoms with Crippen LogP contribution in [0, 0.1) is 11.3 Å². The van der Waals surface area contributed by atoms with Crippen LogP contribution in [-0.2, 0) is 6.42 Å². The Kier molecular flexibility index (Phi) is 2.97. The van der Waals surface area contributed by atoms with Gasteiger partial charge in [-0.25, -0.2) is 0 Å². The van der Waals surface area contributed by atoms with Gasteiger partial charge >= 0.3 is 0 Å². The summed E-state index contributed by atoms with van der Waals surface area (Å²) in [6.45, 7) is 4.47. The van der Waals surface area contributed by atoms with Gasteiger partial charge in [-0.15, -0.1) is 0 Å². The van der Waals surface area contributed by atoms with Crippen LogP contribution in [0.25, 0.3) is 0 Å². The van der Waals surface area contributed by atoms with Crippen LogP contribution in [0.5, 0.6) is 0 Å². The van der Waals surface area contributed by atoms with Crippen molar-refractivity contribution in [2.24, 2.45) is 11.3 Å². The number of rotatable bonds is 4. The molecule has 2 saturated carbocycles. The molecule has 2 atom stereocenters. The van der Waals surface area contributed by atoms with E-state index in [1.165, 1.54) is 25.7 Å². The topological polar surface area (TPSA) is 38.0 Å². The highest BCUT2D eigenvalue weighted by Gasteiger charge is 2.49. The summed E-state index contributed by atoms with van der Waals surface area (Å²) in [4.78, 5) is 0. The van der Waals surface area contributed by atoms with Gasteiger partial charge in [0.1, 0.15) is 0 Å². The van der Waals surface area contributed by atoms with Gasteiger partial charge in [-0.1, -0.05) is 26.7 Å². The van der Waals surface area contributed by atoms with Gasteiger partial charge in [0.15, 0.2) is 0 Å². The minimum atomic E-state index is -0.216. The lowest BCUT2D eigenvalue weighted by molar-refractivity contribution is 0.135. The van der Waals surface area contributed by atoms with Crippen molar-refractivity contribution in [2.75, 3.05) is 0 Å². The minimum Gasteiger partial charge on any atom is -0.392 e. The van der Waals surface area contributed by atoms with Crippen molar-refractivity contribution in [1.82, 2.24) is 9.78 Å². The first-order valence-corrected chi connectivity index (χ1v) is 7.28. The van der Waals surface area contributed by atoms with Crippen molar-refractivity contribution < 1.29 is 5.11 Å². The SMILES string of the molecule is CC1(C)CC1C(O)Cc1ccn(C2CCCC2)n1. The van der Waals surface area contributed by atoms with E-state index in [0.29, 0.717) is 23.8 Å². The predicted molar refractivity (Wildman–Crippen MR) is 71.3 cm³/mol. The van der Waals surface area contributed by atoms with Crippen molar-refractivity contribution in [1.29, 1.82) is 0 Å². The lowest BCUT2D eigenvalue weighted by Gasteiger charge is -2.11. The van der Waals surface area contributed by atoms with E-state index in [9.17, 15) is 5.11 Å². The second-order valence-electron chi connectivity index (χ2n) is 6.80. The van der Waals surface area contributed by atoms with E-state index in [1.807, 2.05) is 0 Å². The van der Waals surface area contributed by atoms with Gasteiger partial charge in [0.25, 0.3) is 0 Å². The van der Waals surface area contributed by atoms with Crippen LogP contribution < -0.4 is 0 Å². The van der Waals surface area contributed by atoms with Gasteiger partial charge in [0, 0.05) is 12.6 Å². The molecule has 2 unspecified atom stereocenters. The van der Waals surface area contributed by atoms with Crippen LogP contribution in [0.4, 0.5) is 0 Å². The van der Waals surface area contributed by atoms with Crippen LogP contribution in [0.15, 0.2) is 12.3 Å². The fourth-order valence-corrected chi connectivity index (χ4v) is 3.38. The molecule has 0 radical (unpaired) electrons. The average Bonchev–Trinajstić information content (AvgIpc) is 2.81. The number of hydrogen-bond donors (Lipinski definition) is 1. The zero-order valence-corrected chi connectivity index (χ0v) is 11.5. The molecule has 2 aliphatic rings. The fourth-order valence-electron chi connectivity index (χ4n) is 3.38. The molecule has 1 N–H and O–H groups in total. The van der Waals surface area contributed by atoms with E-state index in [-0.39, 0.29) is 6.10 Å². The quantitative estimate of drug-likeness (QED) is 0.889. The third kappa shape index (κ3) is 2.33. The minimum absolute atomic E-state index is 0.216. The molecule has 18 heavy (non-hydrogen) atoms. The summed E-state index contributed by atoms with van der Waals surface area (Å²) in [5.41, 5.74) is 1.39. The molecule has 0 aliphatic heterocycles. The van der Waals surface area contributed by atoms with E-state index < -0.39 is 0 Å². The van der Waals surface area contributed by atoms with Gasteiger partial charge in [-0.05, 0) is 36.7 Å². The van der Waals surface area contributed by atoms with E-state index in [1.54, 1.807) is 0 Å². The normalized spacial score (nSPS) is 28.5. The zero-order valence-electron chi connectivity index (χ0n) is 11.5.